The zero-order valence-electron chi connectivity index (χ0n) is 9.33. The fourth-order valence-corrected chi connectivity index (χ4v) is 2.00. The van der Waals surface area contributed by atoms with Gasteiger partial charge in [-0.15, -0.1) is 0 Å². The summed E-state index contributed by atoms with van der Waals surface area (Å²) in [6, 6.07) is 8.63. The van der Waals surface area contributed by atoms with Gasteiger partial charge in [-0.25, -0.2) is 0 Å². The van der Waals surface area contributed by atoms with E-state index >= 15 is 0 Å². The standard InChI is InChI=1S/C13H19NO/c1-11-4-2-5-12(8-11)9-14-10-13-6-3-7-15-13/h2,4-5,8,13-14H,3,6-7,9-10H2,1H3. The largest absolute Gasteiger partial charge is 0.377 e. The SMILES string of the molecule is Cc1cccc(CNCC2CCCO2)c1. The third-order valence-corrected chi connectivity index (χ3v) is 2.81. The Morgan fingerprint density at radius 3 is 3.13 bits per heavy atom. The molecule has 1 unspecified atom stereocenters. The molecule has 1 aliphatic rings. The van der Waals surface area contributed by atoms with Crippen LogP contribution < -0.4 is 5.32 Å². The van der Waals surface area contributed by atoms with Crippen molar-refractivity contribution in [2.75, 3.05) is 13.2 Å². The number of ether oxygens (including phenoxy) is 1. The lowest BCUT2D eigenvalue weighted by molar-refractivity contribution is 0.110. The average molecular weight is 205 g/mol. The molecule has 82 valence electrons. The molecule has 1 N–H and O–H groups in total. The first-order chi connectivity index (χ1) is 7.34. The molecule has 15 heavy (non-hydrogen) atoms. The van der Waals surface area contributed by atoms with Crippen molar-refractivity contribution < 1.29 is 4.74 Å². The lowest BCUT2D eigenvalue weighted by Gasteiger charge is -2.10. The first-order valence-electron chi connectivity index (χ1n) is 5.72. The molecule has 0 spiro atoms. The van der Waals surface area contributed by atoms with Crippen LogP contribution in [0.15, 0.2) is 24.3 Å². The zero-order chi connectivity index (χ0) is 10.5. The van der Waals surface area contributed by atoms with E-state index in [-0.39, 0.29) is 0 Å². The van der Waals surface area contributed by atoms with Crippen molar-refractivity contribution in [3.63, 3.8) is 0 Å². The van der Waals surface area contributed by atoms with Crippen LogP contribution in [0, 0.1) is 6.92 Å². The van der Waals surface area contributed by atoms with Gasteiger partial charge >= 0.3 is 0 Å². The van der Waals surface area contributed by atoms with E-state index in [0.29, 0.717) is 6.10 Å². The Balaban J connectivity index is 1.73. The maximum absolute atomic E-state index is 5.55. The summed E-state index contributed by atoms with van der Waals surface area (Å²) < 4.78 is 5.55. The molecule has 2 heteroatoms. The van der Waals surface area contributed by atoms with Gasteiger partial charge in [0.25, 0.3) is 0 Å². The van der Waals surface area contributed by atoms with E-state index in [1.807, 2.05) is 0 Å². The molecule has 0 aliphatic carbocycles. The molecule has 0 amide bonds. The highest BCUT2D eigenvalue weighted by Gasteiger charge is 2.14. The van der Waals surface area contributed by atoms with Gasteiger partial charge in [-0.1, -0.05) is 29.8 Å². The lowest BCUT2D eigenvalue weighted by Crippen LogP contribution is -2.25. The number of nitrogens with one attached hydrogen (secondary N) is 1. The number of rotatable bonds is 4. The fourth-order valence-electron chi connectivity index (χ4n) is 2.00. The minimum atomic E-state index is 0.440. The summed E-state index contributed by atoms with van der Waals surface area (Å²) in [7, 11) is 0. The van der Waals surface area contributed by atoms with E-state index in [0.717, 1.165) is 19.7 Å². The highest BCUT2D eigenvalue weighted by atomic mass is 16.5. The van der Waals surface area contributed by atoms with E-state index in [9.17, 15) is 0 Å². The van der Waals surface area contributed by atoms with E-state index in [1.165, 1.54) is 24.0 Å². The van der Waals surface area contributed by atoms with Gasteiger partial charge in [0, 0.05) is 19.7 Å². The van der Waals surface area contributed by atoms with Crippen LogP contribution in [-0.4, -0.2) is 19.3 Å². The molecule has 1 heterocycles. The summed E-state index contributed by atoms with van der Waals surface area (Å²) in [5.41, 5.74) is 2.68. The third-order valence-electron chi connectivity index (χ3n) is 2.81. The van der Waals surface area contributed by atoms with Crippen molar-refractivity contribution in [1.82, 2.24) is 5.32 Å². The Kier molecular flexibility index (Phi) is 3.75. The predicted octanol–water partition coefficient (Wildman–Crippen LogP) is 2.26. The number of hydrogen-bond donors (Lipinski definition) is 1. The molecule has 0 saturated carbocycles. The smallest absolute Gasteiger partial charge is 0.0700 e. The van der Waals surface area contributed by atoms with Gasteiger partial charge in [0.2, 0.25) is 0 Å². The summed E-state index contributed by atoms with van der Waals surface area (Å²) in [5.74, 6) is 0. The summed E-state index contributed by atoms with van der Waals surface area (Å²) in [6.45, 7) is 5.00. The van der Waals surface area contributed by atoms with Gasteiger partial charge in [0.15, 0.2) is 0 Å². The van der Waals surface area contributed by atoms with E-state index < -0.39 is 0 Å². The fraction of sp³-hybridized carbons (Fsp3) is 0.538. The monoisotopic (exact) mass is 205 g/mol. The van der Waals surface area contributed by atoms with Gasteiger partial charge in [-0.05, 0) is 25.3 Å². The van der Waals surface area contributed by atoms with Gasteiger partial charge in [-0.3, -0.25) is 0 Å². The summed E-state index contributed by atoms with van der Waals surface area (Å²) in [4.78, 5) is 0. The Morgan fingerprint density at radius 1 is 1.47 bits per heavy atom. The summed E-state index contributed by atoms with van der Waals surface area (Å²) in [6.07, 6.45) is 2.87. The molecule has 2 rings (SSSR count). The maximum Gasteiger partial charge on any atom is 0.0700 e. The molecule has 1 saturated heterocycles. The average Bonchev–Trinajstić information content (AvgIpc) is 2.71. The summed E-state index contributed by atoms with van der Waals surface area (Å²) in [5, 5.41) is 3.45. The van der Waals surface area contributed by atoms with Gasteiger partial charge < -0.3 is 10.1 Å². The first kappa shape index (κ1) is 10.7. The van der Waals surface area contributed by atoms with Crippen LogP contribution in [0.1, 0.15) is 24.0 Å². The second kappa shape index (κ2) is 5.29. The van der Waals surface area contributed by atoms with Crippen LogP contribution in [0.4, 0.5) is 0 Å². The third kappa shape index (κ3) is 3.33. The number of benzene rings is 1. The number of aryl methyl sites for hydroxylation is 1. The molecule has 0 aromatic heterocycles. The quantitative estimate of drug-likeness (QED) is 0.814. The molecule has 0 bridgehead atoms. The predicted molar refractivity (Wildman–Crippen MR) is 61.9 cm³/mol. The molecule has 1 atom stereocenters. The summed E-state index contributed by atoms with van der Waals surface area (Å²) >= 11 is 0. The van der Waals surface area contributed by atoms with Crippen LogP contribution in [-0.2, 0) is 11.3 Å². The first-order valence-corrected chi connectivity index (χ1v) is 5.72. The van der Waals surface area contributed by atoms with Crippen molar-refractivity contribution in [1.29, 1.82) is 0 Å². The highest BCUT2D eigenvalue weighted by Crippen LogP contribution is 2.11. The van der Waals surface area contributed by atoms with E-state index in [2.05, 4.69) is 36.5 Å². The van der Waals surface area contributed by atoms with Crippen LogP contribution in [0.25, 0.3) is 0 Å². The second-order valence-electron chi connectivity index (χ2n) is 4.25. The van der Waals surface area contributed by atoms with E-state index in [1.54, 1.807) is 0 Å². The molecule has 2 nitrogen and oxygen atoms in total. The minimum absolute atomic E-state index is 0.440. The van der Waals surface area contributed by atoms with E-state index in [4.69, 9.17) is 4.74 Å². The second-order valence-corrected chi connectivity index (χ2v) is 4.25. The van der Waals surface area contributed by atoms with Crippen LogP contribution >= 0.6 is 0 Å². The Labute approximate surface area is 91.6 Å². The highest BCUT2D eigenvalue weighted by molar-refractivity contribution is 5.21. The molecule has 0 radical (unpaired) electrons. The number of hydrogen-bond acceptors (Lipinski definition) is 2. The zero-order valence-corrected chi connectivity index (χ0v) is 9.33. The molecule has 1 fully saturated rings. The topological polar surface area (TPSA) is 21.3 Å². The normalized spacial score (nSPS) is 20.7. The van der Waals surface area contributed by atoms with Crippen molar-refractivity contribution >= 4 is 0 Å². The molecular weight excluding hydrogens is 186 g/mol. The van der Waals surface area contributed by atoms with Gasteiger partial charge in [0.1, 0.15) is 0 Å². The minimum Gasteiger partial charge on any atom is -0.377 e. The van der Waals surface area contributed by atoms with Crippen molar-refractivity contribution in [2.45, 2.75) is 32.4 Å². The van der Waals surface area contributed by atoms with Crippen molar-refractivity contribution in [2.24, 2.45) is 0 Å². The molecular formula is C13H19NO. The van der Waals surface area contributed by atoms with Crippen LogP contribution in [0.5, 0.6) is 0 Å². The molecule has 1 aromatic rings. The Hall–Kier alpha value is -0.860. The Bertz CT molecular complexity index is 305. The Morgan fingerprint density at radius 2 is 2.40 bits per heavy atom. The molecule has 1 aliphatic heterocycles. The van der Waals surface area contributed by atoms with Gasteiger partial charge in [-0.2, -0.15) is 0 Å². The maximum atomic E-state index is 5.55. The van der Waals surface area contributed by atoms with Crippen LogP contribution in [0.3, 0.4) is 0 Å². The lowest BCUT2D eigenvalue weighted by atomic mass is 10.1. The van der Waals surface area contributed by atoms with Crippen molar-refractivity contribution in [3.05, 3.63) is 35.4 Å². The van der Waals surface area contributed by atoms with Gasteiger partial charge in [0.05, 0.1) is 6.10 Å². The molecule has 1 aromatic carbocycles. The van der Waals surface area contributed by atoms with Crippen LogP contribution in [0.2, 0.25) is 0 Å². The van der Waals surface area contributed by atoms with Crippen molar-refractivity contribution in [3.8, 4) is 0 Å².